The fourth-order valence-electron chi connectivity index (χ4n) is 6.87. The van der Waals surface area contributed by atoms with Gasteiger partial charge in [-0.25, -0.2) is 4.39 Å². The summed E-state index contributed by atoms with van der Waals surface area (Å²) < 4.78 is 20.2. The first kappa shape index (κ1) is 35.1. The lowest BCUT2D eigenvalue weighted by Gasteiger charge is -2.51. The smallest absolute Gasteiger partial charge is 0.252 e. The van der Waals surface area contributed by atoms with Crippen molar-refractivity contribution in [2.24, 2.45) is 5.73 Å². The van der Waals surface area contributed by atoms with Crippen molar-refractivity contribution in [1.29, 1.82) is 0 Å². The van der Waals surface area contributed by atoms with E-state index < -0.39 is 11.4 Å². The minimum atomic E-state index is -0.920. The van der Waals surface area contributed by atoms with Crippen LogP contribution in [0.3, 0.4) is 0 Å². The average molecular weight is 752 g/mol. The Morgan fingerprint density at radius 2 is 1.84 bits per heavy atom. The van der Waals surface area contributed by atoms with Gasteiger partial charge in [-0.2, -0.15) is 0 Å². The molecule has 8 nitrogen and oxygen atoms in total. The van der Waals surface area contributed by atoms with Crippen molar-refractivity contribution in [3.63, 3.8) is 0 Å². The van der Waals surface area contributed by atoms with E-state index in [1.807, 2.05) is 46.2 Å². The molecule has 2 atom stereocenters. The molecule has 0 radical (unpaired) electrons. The molecule has 2 heterocycles. The van der Waals surface area contributed by atoms with Gasteiger partial charge >= 0.3 is 0 Å². The summed E-state index contributed by atoms with van der Waals surface area (Å²) in [6.45, 7) is 1.63. The first-order valence-electron chi connectivity index (χ1n) is 16.9. The lowest BCUT2D eigenvalue weighted by molar-refractivity contribution is -0.136. The number of benzene rings is 3. The molecule has 1 aliphatic carbocycles. The van der Waals surface area contributed by atoms with Crippen LogP contribution >= 0.6 is 27.5 Å². The van der Waals surface area contributed by atoms with Crippen LogP contribution in [0.2, 0.25) is 5.02 Å². The lowest BCUT2D eigenvalue weighted by atomic mass is 9.74. The molecule has 1 saturated heterocycles. The van der Waals surface area contributed by atoms with Crippen molar-refractivity contribution in [2.45, 2.75) is 75.5 Å². The Bertz CT molecular complexity index is 1730. The molecule has 3 aromatic carbocycles. The van der Waals surface area contributed by atoms with Crippen LogP contribution in [0.5, 0.6) is 5.75 Å². The van der Waals surface area contributed by atoms with E-state index in [2.05, 4.69) is 39.5 Å². The number of piperazine rings is 1. The second kappa shape index (κ2) is 15.4. The molecule has 3 aliphatic rings. The summed E-state index contributed by atoms with van der Waals surface area (Å²) in [5.41, 5.74) is 7.96. The Hall–Kier alpha value is -3.73. The average Bonchev–Trinajstić information content (AvgIpc) is 3.93. The predicted octanol–water partition coefficient (Wildman–Crippen LogP) is 6.43. The number of nitrogens with two attached hydrogens (primary N) is 1. The van der Waals surface area contributed by atoms with E-state index in [1.54, 1.807) is 6.07 Å². The number of primary amides is 1. The number of amides is 3. The van der Waals surface area contributed by atoms with Gasteiger partial charge in [0, 0.05) is 61.2 Å². The monoisotopic (exact) mass is 750 g/mol. The maximum absolute atomic E-state index is 14.7. The zero-order valence-corrected chi connectivity index (χ0v) is 29.6. The van der Waals surface area contributed by atoms with E-state index in [1.165, 1.54) is 12.1 Å². The van der Waals surface area contributed by atoms with Crippen molar-refractivity contribution >= 4 is 45.3 Å². The van der Waals surface area contributed by atoms with Gasteiger partial charge in [0.25, 0.3) is 5.91 Å². The highest BCUT2D eigenvalue weighted by Gasteiger charge is 2.50. The molecule has 3 amide bonds. The van der Waals surface area contributed by atoms with Crippen molar-refractivity contribution in [3.8, 4) is 5.75 Å². The Balaban J connectivity index is 1.24. The van der Waals surface area contributed by atoms with E-state index >= 15 is 0 Å². The highest BCUT2D eigenvalue weighted by Crippen LogP contribution is 2.41. The number of nitrogens with zero attached hydrogens (tertiary/aromatic N) is 2. The van der Waals surface area contributed by atoms with Crippen molar-refractivity contribution in [1.82, 2.24) is 15.1 Å². The number of halogens is 3. The normalized spacial score (nSPS) is 20.0. The molecule has 3 N–H and O–H groups in total. The molecule has 2 bridgehead atoms. The highest BCUT2D eigenvalue weighted by atomic mass is 79.9. The Morgan fingerprint density at radius 3 is 2.57 bits per heavy atom. The summed E-state index contributed by atoms with van der Waals surface area (Å²) >= 11 is 9.95. The third-order valence-corrected chi connectivity index (χ3v) is 10.6. The predicted molar refractivity (Wildman–Crippen MR) is 190 cm³/mol. The first-order valence-corrected chi connectivity index (χ1v) is 18.1. The summed E-state index contributed by atoms with van der Waals surface area (Å²) in [5.74, 6) is -0.415. The molecule has 2 aliphatic heterocycles. The molecular weight excluding hydrogens is 711 g/mol. The number of fused-ring (bicyclic) bond motifs is 2. The Morgan fingerprint density at radius 1 is 1.06 bits per heavy atom. The van der Waals surface area contributed by atoms with Gasteiger partial charge < -0.3 is 20.3 Å². The number of hydrogen-bond donors (Lipinski definition) is 2. The first-order chi connectivity index (χ1) is 23.6. The SMILES string of the molecule is NC(=O)CCCC(=O)N1C[C@H]2CC=C(C(=O)N(Cc3ccccc3Cl)C3CC3)[C@@](c3ccc(CCCOc4cc(F)ccc4Br)cc3)(C1)N2. The van der Waals surface area contributed by atoms with Crippen LogP contribution in [0.25, 0.3) is 0 Å². The maximum atomic E-state index is 14.7. The Kier molecular flexibility index (Phi) is 11.1. The summed E-state index contributed by atoms with van der Waals surface area (Å²) in [5, 5.41) is 4.42. The van der Waals surface area contributed by atoms with E-state index in [-0.39, 0.29) is 49.1 Å². The quantitative estimate of drug-likeness (QED) is 0.185. The van der Waals surface area contributed by atoms with E-state index in [0.717, 1.165) is 42.4 Å². The summed E-state index contributed by atoms with van der Waals surface area (Å²) in [6, 6.07) is 20.3. The molecule has 3 aromatic rings. The standard InChI is InChI=1S/C38H41BrClFN4O4/c39-32-19-14-28(41)21-34(32)49-20-4-5-25-10-12-27(13-11-25)38-24-44(36(47)9-3-8-35(42)46)23-29(43-38)15-18-31(38)37(48)45(30-16-17-30)22-26-6-1-2-7-33(26)40/h1-2,6-7,10-14,18-19,21,29-30,43H,3-5,8-9,15-17,20,22-24H2,(H2,42,46)/t29-,38+/m1/s1. The van der Waals surface area contributed by atoms with Gasteiger partial charge in [0.15, 0.2) is 0 Å². The fourth-order valence-corrected chi connectivity index (χ4v) is 7.43. The van der Waals surface area contributed by atoms with Crippen molar-refractivity contribution in [3.05, 3.63) is 110 Å². The number of carbonyl (C=O) groups excluding carboxylic acids is 3. The van der Waals surface area contributed by atoms with Crippen LogP contribution in [-0.2, 0) is 32.9 Å². The van der Waals surface area contributed by atoms with E-state index in [9.17, 15) is 18.8 Å². The van der Waals surface area contributed by atoms with Crippen LogP contribution in [0.4, 0.5) is 4.39 Å². The molecule has 2 fully saturated rings. The summed E-state index contributed by atoms with van der Waals surface area (Å²) in [6.07, 6.45) is 6.77. The van der Waals surface area contributed by atoms with Crippen LogP contribution in [0.1, 0.15) is 61.6 Å². The number of carbonyl (C=O) groups is 3. The largest absolute Gasteiger partial charge is 0.492 e. The second-order valence-electron chi connectivity index (χ2n) is 13.2. The molecule has 49 heavy (non-hydrogen) atoms. The molecule has 1 saturated carbocycles. The number of aryl methyl sites for hydroxylation is 1. The van der Waals surface area contributed by atoms with Crippen LogP contribution in [0.15, 0.2) is 82.9 Å². The van der Waals surface area contributed by atoms with Gasteiger partial charge in [-0.05, 0) is 89.3 Å². The molecule has 258 valence electrons. The second-order valence-corrected chi connectivity index (χ2v) is 14.4. The zero-order chi connectivity index (χ0) is 34.5. The van der Waals surface area contributed by atoms with Gasteiger partial charge in [-0.3, -0.25) is 19.7 Å². The number of nitrogens with one attached hydrogen (secondary N) is 1. The van der Waals surface area contributed by atoms with Gasteiger partial charge in [0.1, 0.15) is 11.6 Å². The lowest BCUT2D eigenvalue weighted by Crippen LogP contribution is -2.67. The van der Waals surface area contributed by atoms with Crippen LogP contribution in [0, 0.1) is 5.82 Å². The third-order valence-electron chi connectivity index (χ3n) is 9.54. The zero-order valence-electron chi connectivity index (χ0n) is 27.3. The fraction of sp³-hybridized carbons (Fsp3) is 0.395. The van der Waals surface area contributed by atoms with Crippen LogP contribution < -0.4 is 15.8 Å². The molecule has 11 heteroatoms. The molecule has 0 spiro atoms. The van der Waals surface area contributed by atoms with Crippen LogP contribution in [-0.4, -0.2) is 59.3 Å². The van der Waals surface area contributed by atoms with Gasteiger partial charge in [0.05, 0.1) is 16.6 Å². The van der Waals surface area contributed by atoms with Gasteiger partial charge in [-0.15, -0.1) is 0 Å². The van der Waals surface area contributed by atoms with Gasteiger partial charge in [0.2, 0.25) is 11.8 Å². The van der Waals surface area contributed by atoms with E-state index in [0.29, 0.717) is 53.4 Å². The minimum absolute atomic E-state index is 0.0395. The third kappa shape index (κ3) is 8.36. The van der Waals surface area contributed by atoms with Gasteiger partial charge in [-0.1, -0.05) is 60.1 Å². The topological polar surface area (TPSA) is 105 Å². The van der Waals surface area contributed by atoms with Crippen molar-refractivity contribution < 1.29 is 23.5 Å². The number of hydrogen-bond acceptors (Lipinski definition) is 5. The highest BCUT2D eigenvalue weighted by molar-refractivity contribution is 9.10. The molecule has 0 aromatic heterocycles. The molecule has 6 rings (SSSR count). The number of rotatable bonds is 14. The Labute approximate surface area is 299 Å². The summed E-state index contributed by atoms with van der Waals surface area (Å²) in [4.78, 5) is 43.3. The molecule has 0 unspecified atom stereocenters. The number of ether oxygens (including phenoxy) is 1. The molecular formula is C38H41BrClFN4O4. The maximum Gasteiger partial charge on any atom is 0.252 e. The van der Waals surface area contributed by atoms with E-state index in [4.69, 9.17) is 22.1 Å². The van der Waals surface area contributed by atoms with Crippen molar-refractivity contribution in [2.75, 3.05) is 19.7 Å². The summed E-state index contributed by atoms with van der Waals surface area (Å²) in [7, 11) is 0. The minimum Gasteiger partial charge on any atom is -0.492 e.